The number of nitrogens with one attached hydrogen (secondary N) is 1. The highest BCUT2D eigenvalue weighted by Crippen LogP contribution is 2.27. The van der Waals surface area contributed by atoms with Crippen molar-refractivity contribution >= 4 is 0 Å². The number of aryl methyl sites for hydroxylation is 2. The van der Waals surface area contributed by atoms with Gasteiger partial charge in [-0.3, -0.25) is 0 Å². The van der Waals surface area contributed by atoms with E-state index in [0.29, 0.717) is 12.0 Å². The molecule has 0 bridgehead atoms. The van der Waals surface area contributed by atoms with Crippen LogP contribution < -0.4 is 5.32 Å². The van der Waals surface area contributed by atoms with E-state index in [1.165, 1.54) is 37.7 Å². The van der Waals surface area contributed by atoms with Crippen LogP contribution in [0.4, 0.5) is 0 Å². The lowest BCUT2D eigenvalue weighted by Crippen LogP contribution is -2.25. The van der Waals surface area contributed by atoms with E-state index >= 15 is 0 Å². The molecule has 2 N–H and O–H groups in total. The normalized spacial score (nSPS) is 27.3. The first-order valence-electron chi connectivity index (χ1n) is 8.25. The average Bonchev–Trinajstić information content (AvgIpc) is 2.90. The van der Waals surface area contributed by atoms with Crippen LogP contribution in [-0.2, 0) is 12.8 Å². The first-order chi connectivity index (χ1) is 9.72. The van der Waals surface area contributed by atoms with E-state index in [1.54, 1.807) is 11.1 Å². The van der Waals surface area contributed by atoms with E-state index in [0.717, 1.165) is 19.4 Å². The topological polar surface area (TPSA) is 32.3 Å². The monoisotopic (exact) mass is 273 g/mol. The Bertz CT molecular complexity index is 457. The van der Waals surface area contributed by atoms with Crippen molar-refractivity contribution in [2.45, 2.75) is 64.0 Å². The summed E-state index contributed by atoms with van der Waals surface area (Å²) in [6.07, 6.45) is 8.29. The van der Waals surface area contributed by atoms with E-state index in [4.69, 9.17) is 0 Å². The third-order valence-electron chi connectivity index (χ3n) is 5.10. The summed E-state index contributed by atoms with van der Waals surface area (Å²) in [5, 5.41) is 13.2. The van der Waals surface area contributed by atoms with Gasteiger partial charge in [0.1, 0.15) is 0 Å². The minimum Gasteiger partial charge on any atom is -0.393 e. The molecule has 110 valence electrons. The van der Waals surface area contributed by atoms with Crippen molar-refractivity contribution in [2.24, 2.45) is 5.92 Å². The van der Waals surface area contributed by atoms with E-state index in [1.807, 2.05) is 0 Å². The van der Waals surface area contributed by atoms with Gasteiger partial charge in [-0.05, 0) is 81.0 Å². The number of aliphatic hydroxyl groups excluding tert-OH is 1. The maximum atomic E-state index is 9.59. The van der Waals surface area contributed by atoms with Crippen LogP contribution in [0.15, 0.2) is 18.2 Å². The molecule has 2 aliphatic carbocycles. The van der Waals surface area contributed by atoms with Gasteiger partial charge >= 0.3 is 0 Å². The van der Waals surface area contributed by atoms with Gasteiger partial charge in [0.05, 0.1) is 6.10 Å². The number of hydrogen-bond acceptors (Lipinski definition) is 2. The zero-order chi connectivity index (χ0) is 13.9. The Morgan fingerprint density at radius 1 is 1.20 bits per heavy atom. The van der Waals surface area contributed by atoms with E-state index in [9.17, 15) is 5.11 Å². The van der Waals surface area contributed by atoms with Crippen molar-refractivity contribution in [3.05, 3.63) is 34.9 Å². The van der Waals surface area contributed by atoms with Crippen LogP contribution in [0.1, 0.15) is 61.8 Å². The van der Waals surface area contributed by atoms with Gasteiger partial charge in [-0.15, -0.1) is 0 Å². The Labute approximate surface area is 122 Å². The average molecular weight is 273 g/mol. The van der Waals surface area contributed by atoms with E-state index in [2.05, 4.69) is 30.4 Å². The molecule has 1 saturated carbocycles. The molecule has 20 heavy (non-hydrogen) atoms. The molecule has 0 saturated heterocycles. The highest BCUT2D eigenvalue weighted by atomic mass is 16.3. The summed E-state index contributed by atoms with van der Waals surface area (Å²) in [5.41, 5.74) is 4.55. The second-order valence-electron chi connectivity index (χ2n) is 6.70. The maximum Gasteiger partial charge on any atom is 0.0543 e. The first kappa shape index (κ1) is 14.1. The molecular weight excluding hydrogens is 246 g/mol. The lowest BCUT2D eigenvalue weighted by Gasteiger charge is -2.21. The van der Waals surface area contributed by atoms with Gasteiger partial charge in [-0.25, -0.2) is 0 Å². The summed E-state index contributed by atoms with van der Waals surface area (Å²) in [6, 6.07) is 7.46. The minimum atomic E-state index is -0.0548. The van der Waals surface area contributed by atoms with Crippen LogP contribution in [-0.4, -0.2) is 17.8 Å². The van der Waals surface area contributed by atoms with Gasteiger partial charge in [0.25, 0.3) is 0 Å². The van der Waals surface area contributed by atoms with Crippen molar-refractivity contribution in [1.82, 2.24) is 5.32 Å². The Hall–Kier alpha value is -0.860. The molecule has 0 heterocycles. The Kier molecular flexibility index (Phi) is 4.42. The molecule has 2 heteroatoms. The molecule has 1 aromatic rings. The lowest BCUT2D eigenvalue weighted by molar-refractivity contribution is 0.177. The van der Waals surface area contributed by atoms with Gasteiger partial charge in [0, 0.05) is 6.04 Å². The molecule has 0 amide bonds. The minimum absolute atomic E-state index is 0.0548. The predicted octanol–water partition coefficient (Wildman–Crippen LogP) is 3.38. The molecule has 2 aliphatic rings. The summed E-state index contributed by atoms with van der Waals surface area (Å²) in [7, 11) is 0. The van der Waals surface area contributed by atoms with Crippen molar-refractivity contribution in [3.8, 4) is 0 Å². The molecule has 2 nitrogen and oxygen atoms in total. The molecule has 1 aromatic carbocycles. The van der Waals surface area contributed by atoms with Crippen LogP contribution in [0.25, 0.3) is 0 Å². The quantitative estimate of drug-likeness (QED) is 0.881. The molecule has 0 aliphatic heterocycles. The Balaban J connectivity index is 1.58. The van der Waals surface area contributed by atoms with Gasteiger partial charge in [-0.1, -0.05) is 18.2 Å². The third-order valence-corrected chi connectivity index (χ3v) is 5.10. The number of fused-ring (bicyclic) bond motifs is 1. The Morgan fingerprint density at radius 3 is 2.75 bits per heavy atom. The van der Waals surface area contributed by atoms with Crippen LogP contribution in [0.5, 0.6) is 0 Å². The van der Waals surface area contributed by atoms with Gasteiger partial charge < -0.3 is 10.4 Å². The Morgan fingerprint density at radius 2 is 2.00 bits per heavy atom. The summed E-state index contributed by atoms with van der Waals surface area (Å²) in [6.45, 7) is 3.30. The molecule has 3 atom stereocenters. The predicted molar refractivity (Wildman–Crippen MR) is 82.8 cm³/mol. The fraction of sp³-hybridized carbons (Fsp3) is 0.667. The molecule has 3 unspecified atom stereocenters. The molecule has 0 aromatic heterocycles. The largest absolute Gasteiger partial charge is 0.393 e. The van der Waals surface area contributed by atoms with Crippen LogP contribution in [0.2, 0.25) is 0 Å². The lowest BCUT2D eigenvalue weighted by atomic mass is 9.89. The van der Waals surface area contributed by atoms with Gasteiger partial charge in [-0.2, -0.15) is 0 Å². The fourth-order valence-electron chi connectivity index (χ4n) is 3.72. The van der Waals surface area contributed by atoms with E-state index < -0.39 is 0 Å². The molecule has 0 radical (unpaired) electrons. The number of hydrogen-bond donors (Lipinski definition) is 2. The van der Waals surface area contributed by atoms with Crippen molar-refractivity contribution < 1.29 is 5.11 Å². The fourth-order valence-corrected chi connectivity index (χ4v) is 3.72. The van der Waals surface area contributed by atoms with Gasteiger partial charge in [0.2, 0.25) is 0 Å². The van der Waals surface area contributed by atoms with Crippen molar-refractivity contribution in [1.29, 1.82) is 0 Å². The summed E-state index contributed by atoms with van der Waals surface area (Å²) >= 11 is 0. The third kappa shape index (κ3) is 3.24. The standard InChI is InChI=1S/C18H27NO/c1-13(19-12-14-6-9-18(20)10-14)16-8-7-15-4-2-3-5-17(15)11-16/h7-8,11,13-14,18-20H,2-6,9-10,12H2,1H3. The zero-order valence-corrected chi connectivity index (χ0v) is 12.6. The van der Waals surface area contributed by atoms with E-state index in [-0.39, 0.29) is 6.10 Å². The number of aliphatic hydroxyl groups is 1. The van der Waals surface area contributed by atoms with Crippen LogP contribution >= 0.6 is 0 Å². The molecule has 1 fully saturated rings. The molecule has 3 rings (SSSR count). The van der Waals surface area contributed by atoms with Crippen molar-refractivity contribution in [3.63, 3.8) is 0 Å². The summed E-state index contributed by atoms with van der Waals surface area (Å²) in [4.78, 5) is 0. The first-order valence-corrected chi connectivity index (χ1v) is 8.25. The summed E-state index contributed by atoms with van der Waals surface area (Å²) in [5.74, 6) is 0.657. The second-order valence-corrected chi connectivity index (χ2v) is 6.70. The smallest absolute Gasteiger partial charge is 0.0543 e. The number of rotatable bonds is 4. The maximum absolute atomic E-state index is 9.59. The summed E-state index contributed by atoms with van der Waals surface area (Å²) < 4.78 is 0. The highest BCUT2D eigenvalue weighted by molar-refractivity contribution is 5.35. The van der Waals surface area contributed by atoms with Crippen molar-refractivity contribution in [2.75, 3.05) is 6.54 Å². The highest BCUT2D eigenvalue weighted by Gasteiger charge is 2.23. The zero-order valence-electron chi connectivity index (χ0n) is 12.6. The second kappa shape index (κ2) is 6.28. The molecule has 0 spiro atoms. The van der Waals surface area contributed by atoms with Crippen LogP contribution in [0, 0.1) is 5.92 Å². The van der Waals surface area contributed by atoms with Gasteiger partial charge in [0.15, 0.2) is 0 Å². The molecular formula is C18H27NO. The number of benzene rings is 1. The SMILES string of the molecule is CC(NCC1CCC(O)C1)c1ccc2c(c1)CCCC2. The van der Waals surface area contributed by atoms with Crippen LogP contribution in [0.3, 0.4) is 0 Å².